The Labute approximate surface area is 181 Å². The molecule has 31 heavy (non-hydrogen) atoms. The molecule has 0 saturated carbocycles. The Morgan fingerprint density at radius 2 is 1.55 bits per heavy atom. The average Bonchev–Trinajstić information content (AvgIpc) is 2.84. The maximum atomic E-state index is 12.6. The van der Waals surface area contributed by atoms with Gasteiger partial charge < -0.3 is 9.80 Å². The molecule has 0 radical (unpaired) electrons. The highest BCUT2D eigenvalue weighted by atomic mass is 16.1. The van der Waals surface area contributed by atoms with Gasteiger partial charge in [0.25, 0.3) is 0 Å². The van der Waals surface area contributed by atoms with Crippen molar-refractivity contribution in [3.05, 3.63) is 77.9 Å². The number of anilines is 2. The summed E-state index contributed by atoms with van der Waals surface area (Å²) in [4.78, 5) is 35.0. The minimum Gasteiger partial charge on any atom is -0.337 e. The van der Waals surface area contributed by atoms with Crippen LogP contribution in [0.15, 0.2) is 61.1 Å². The molecule has 2 aliphatic rings. The maximum absolute atomic E-state index is 12.6. The first-order chi connectivity index (χ1) is 15.3. The van der Waals surface area contributed by atoms with E-state index in [1.807, 2.05) is 24.3 Å². The first kappa shape index (κ1) is 19.4. The predicted molar refractivity (Wildman–Crippen MR) is 120 cm³/mol. The number of carbonyl (C=O) groups excluding carboxylic acids is 1. The second-order valence-corrected chi connectivity index (χ2v) is 7.91. The number of rotatable bonds is 4. The lowest BCUT2D eigenvalue weighted by atomic mass is 9.86. The van der Waals surface area contributed by atoms with Gasteiger partial charge in [0.2, 0.25) is 11.9 Å². The van der Waals surface area contributed by atoms with Gasteiger partial charge >= 0.3 is 0 Å². The summed E-state index contributed by atoms with van der Waals surface area (Å²) in [6.45, 7) is 3.21. The average molecular weight is 412 g/mol. The van der Waals surface area contributed by atoms with Crippen molar-refractivity contribution in [2.24, 2.45) is 5.92 Å². The molecule has 1 fully saturated rings. The van der Waals surface area contributed by atoms with E-state index in [-0.39, 0.29) is 11.7 Å². The third-order valence-electron chi connectivity index (χ3n) is 5.82. The van der Waals surface area contributed by atoms with Crippen LogP contribution in [0, 0.1) is 5.92 Å². The quantitative estimate of drug-likeness (QED) is 0.652. The molecule has 5 rings (SSSR count). The summed E-state index contributed by atoms with van der Waals surface area (Å²) in [6.07, 6.45) is 10.7. The molecule has 1 aliphatic carbocycles. The minimum absolute atomic E-state index is 0.126. The number of hydrogen-bond acceptors (Lipinski definition) is 7. The summed E-state index contributed by atoms with van der Waals surface area (Å²) in [5.41, 5.74) is 2.67. The van der Waals surface area contributed by atoms with Gasteiger partial charge in [-0.2, -0.15) is 0 Å². The number of fused-ring (bicyclic) bond motifs is 1. The fourth-order valence-corrected chi connectivity index (χ4v) is 4.12. The molecule has 7 heteroatoms. The highest BCUT2D eigenvalue weighted by Gasteiger charge is 2.27. The lowest BCUT2D eigenvalue weighted by Gasteiger charge is -2.35. The van der Waals surface area contributed by atoms with Gasteiger partial charge in [0, 0.05) is 51.2 Å². The van der Waals surface area contributed by atoms with Crippen LogP contribution >= 0.6 is 0 Å². The van der Waals surface area contributed by atoms with Gasteiger partial charge in [-0.1, -0.05) is 42.5 Å². The number of piperazine rings is 1. The molecule has 1 atom stereocenters. The van der Waals surface area contributed by atoms with Crippen LogP contribution in [0.4, 0.5) is 11.9 Å². The number of hydrogen-bond donors (Lipinski definition) is 0. The van der Waals surface area contributed by atoms with Crippen LogP contribution in [0.3, 0.4) is 0 Å². The number of ketones is 1. The molecule has 2 aromatic heterocycles. The van der Waals surface area contributed by atoms with Gasteiger partial charge in [-0.05, 0) is 24.0 Å². The number of aromatic nitrogens is 4. The van der Waals surface area contributed by atoms with Crippen LogP contribution < -0.4 is 9.80 Å². The number of benzene rings is 1. The molecule has 1 aliphatic heterocycles. The van der Waals surface area contributed by atoms with E-state index in [4.69, 9.17) is 4.98 Å². The molecule has 0 amide bonds. The zero-order valence-corrected chi connectivity index (χ0v) is 17.3. The summed E-state index contributed by atoms with van der Waals surface area (Å²) in [6, 6.07) is 12.0. The van der Waals surface area contributed by atoms with Crippen molar-refractivity contribution in [1.82, 2.24) is 19.9 Å². The van der Waals surface area contributed by atoms with E-state index in [0.717, 1.165) is 49.8 Å². The molecule has 1 aromatic carbocycles. The zero-order chi connectivity index (χ0) is 21.0. The molecule has 0 bridgehead atoms. The SMILES string of the molecule is O=C1CC(C=Cc2ccccc2)Cc2nc(N3CCN(c4ncccn4)CC3)ncc21. The first-order valence-corrected chi connectivity index (χ1v) is 10.7. The number of allylic oxidation sites excluding steroid dienone is 1. The van der Waals surface area contributed by atoms with Crippen molar-refractivity contribution in [3.8, 4) is 0 Å². The van der Waals surface area contributed by atoms with E-state index in [1.54, 1.807) is 18.6 Å². The Hall–Kier alpha value is -3.61. The highest BCUT2D eigenvalue weighted by molar-refractivity contribution is 5.98. The second kappa shape index (κ2) is 8.63. The van der Waals surface area contributed by atoms with E-state index in [1.165, 1.54) is 0 Å². The first-order valence-electron chi connectivity index (χ1n) is 10.7. The van der Waals surface area contributed by atoms with Crippen LogP contribution in [-0.2, 0) is 6.42 Å². The van der Waals surface area contributed by atoms with Crippen LogP contribution in [-0.4, -0.2) is 51.9 Å². The Kier molecular flexibility index (Phi) is 5.39. The van der Waals surface area contributed by atoms with Crippen molar-refractivity contribution < 1.29 is 4.79 Å². The van der Waals surface area contributed by atoms with Crippen molar-refractivity contribution in [1.29, 1.82) is 0 Å². The topological polar surface area (TPSA) is 75.1 Å². The number of Topliss-reactive ketones (excluding diaryl/α,β-unsaturated/α-hetero) is 1. The predicted octanol–water partition coefficient (Wildman–Crippen LogP) is 3.05. The highest BCUT2D eigenvalue weighted by Crippen LogP contribution is 2.27. The fraction of sp³-hybridized carbons (Fsp3) is 0.292. The second-order valence-electron chi connectivity index (χ2n) is 7.91. The van der Waals surface area contributed by atoms with Crippen LogP contribution in [0.5, 0.6) is 0 Å². The van der Waals surface area contributed by atoms with Crippen LogP contribution in [0.2, 0.25) is 0 Å². The summed E-state index contributed by atoms with van der Waals surface area (Å²) in [7, 11) is 0. The van der Waals surface area contributed by atoms with Crippen LogP contribution in [0.25, 0.3) is 6.08 Å². The molecule has 7 nitrogen and oxygen atoms in total. The van der Waals surface area contributed by atoms with E-state index < -0.39 is 0 Å². The van der Waals surface area contributed by atoms with Crippen molar-refractivity contribution in [2.45, 2.75) is 12.8 Å². The van der Waals surface area contributed by atoms with E-state index >= 15 is 0 Å². The molecular weight excluding hydrogens is 388 g/mol. The van der Waals surface area contributed by atoms with Crippen molar-refractivity contribution >= 4 is 23.8 Å². The Morgan fingerprint density at radius 1 is 0.839 bits per heavy atom. The smallest absolute Gasteiger partial charge is 0.225 e. The van der Waals surface area contributed by atoms with Gasteiger partial charge in [0.05, 0.1) is 11.3 Å². The van der Waals surface area contributed by atoms with Crippen molar-refractivity contribution in [2.75, 3.05) is 36.0 Å². The molecular formula is C24H24N6O. The van der Waals surface area contributed by atoms with Gasteiger partial charge in [-0.3, -0.25) is 4.79 Å². The molecule has 1 saturated heterocycles. The fourth-order valence-electron chi connectivity index (χ4n) is 4.12. The standard InChI is InChI=1S/C24H24N6O/c31-22-16-19(8-7-18-5-2-1-3-6-18)15-21-20(22)17-27-24(28-21)30-13-11-29(12-14-30)23-25-9-4-10-26-23/h1-10,17,19H,11-16H2. The van der Waals surface area contributed by atoms with Crippen molar-refractivity contribution in [3.63, 3.8) is 0 Å². The molecule has 0 N–H and O–H groups in total. The molecule has 3 heterocycles. The lowest BCUT2D eigenvalue weighted by Crippen LogP contribution is -2.47. The monoisotopic (exact) mass is 412 g/mol. The molecule has 0 spiro atoms. The maximum Gasteiger partial charge on any atom is 0.225 e. The van der Waals surface area contributed by atoms with E-state index in [0.29, 0.717) is 17.9 Å². The summed E-state index contributed by atoms with van der Waals surface area (Å²) in [5, 5.41) is 0. The summed E-state index contributed by atoms with van der Waals surface area (Å²) >= 11 is 0. The third kappa shape index (κ3) is 4.30. The lowest BCUT2D eigenvalue weighted by molar-refractivity contribution is 0.0957. The van der Waals surface area contributed by atoms with Gasteiger partial charge in [0.1, 0.15) is 0 Å². The Morgan fingerprint density at radius 3 is 2.29 bits per heavy atom. The number of nitrogens with zero attached hydrogens (tertiary/aromatic N) is 6. The summed E-state index contributed by atoms with van der Waals surface area (Å²) < 4.78 is 0. The Balaban J connectivity index is 1.28. The largest absolute Gasteiger partial charge is 0.337 e. The minimum atomic E-state index is 0.126. The van der Waals surface area contributed by atoms with Gasteiger partial charge in [-0.25, -0.2) is 19.9 Å². The third-order valence-corrected chi connectivity index (χ3v) is 5.82. The van der Waals surface area contributed by atoms with Gasteiger partial charge in [-0.15, -0.1) is 0 Å². The van der Waals surface area contributed by atoms with E-state index in [9.17, 15) is 4.79 Å². The van der Waals surface area contributed by atoms with Gasteiger partial charge in [0.15, 0.2) is 5.78 Å². The summed E-state index contributed by atoms with van der Waals surface area (Å²) in [5.74, 6) is 1.75. The normalized spacial score (nSPS) is 19.0. The Bertz CT molecular complexity index is 1080. The zero-order valence-electron chi connectivity index (χ0n) is 17.3. The molecule has 3 aromatic rings. The molecule has 1 unspecified atom stereocenters. The van der Waals surface area contributed by atoms with E-state index in [2.05, 4.69) is 49.0 Å². The number of carbonyl (C=O) groups is 1. The molecule has 156 valence electrons. The van der Waals surface area contributed by atoms with Crippen LogP contribution in [0.1, 0.15) is 28.0 Å².